The Morgan fingerprint density at radius 1 is 1.20 bits per heavy atom. The average Bonchev–Trinajstić information content (AvgIpc) is 2.74. The number of hydrogen-bond acceptors (Lipinski definition) is 4. The van der Waals surface area contributed by atoms with E-state index in [2.05, 4.69) is 51.2 Å². The summed E-state index contributed by atoms with van der Waals surface area (Å²) in [6.45, 7) is 3.52. The number of aryl methyl sites for hydroxylation is 1. The maximum Gasteiger partial charge on any atom is 0.213 e. The number of nitrogens with zero attached hydrogens (tertiary/aromatic N) is 2. The van der Waals surface area contributed by atoms with Crippen LogP contribution in [-0.2, 0) is 13.1 Å². The van der Waals surface area contributed by atoms with Crippen LogP contribution in [0, 0.1) is 6.92 Å². The maximum atomic E-state index is 4.63. The minimum absolute atomic E-state index is 0.629. The van der Waals surface area contributed by atoms with E-state index in [0.29, 0.717) is 12.4 Å². The van der Waals surface area contributed by atoms with Crippen LogP contribution in [0.3, 0.4) is 0 Å². The monoisotopic (exact) mass is 203 g/mol. The minimum Gasteiger partial charge on any atom is -0.343 e. The van der Waals surface area contributed by atoms with E-state index in [9.17, 15) is 0 Å². The van der Waals surface area contributed by atoms with E-state index in [-0.39, 0.29) is 0 Å². The molecule has 0 fully saturated rings. The summed E-state index contributed by atoms with van der Waals surface area (Å²) in [7, 11) is 0. The van der Waals surface area contributed by atoms with Crippen LogP contribution < -0.4 is 5.32 Å². The van der Waals surface area contributed by atoms with Crippen molar-refractivity contribution in [2.45, 2.75) is 20.0 Å². The first-order valence-corrected chi connectivity index (χ1v) is 4.86. The molecule has 0 aliphatic rings. The summed E-state index contributed by atoms with van der Waals surface area (Å²) in [4.78, 5) is 3.92. The molecule has 2 rings (SSSR count). The maximum absolute atomic E-state index is 4.63. The van der Waals surface area contributed by atoms with Gasteiger partial charge in [0.15, 0.2) is 5.82 Å². The Kier molecular flexibility index (Phi) is 3.09. The van der Waals surface area contributed by atoms with E-state index in [0.717, 1.165) is 6.54 Å². The second kappa shape index (κ2) is 4.70. The first-order valence-electron chi connectivity index (χ1n) is 4.86. The van der Waals surface area contributed by atoms with Crippen LogP contribution in [0.15, 0.2) is 35.2 Å². The highest BCUT2D eigenvalue weighted by molar-refractivity contribution is 5.21. The average molecular weight is 203 g/mol. The third-order valence-corrected chi connectivity index (χ3v) is 2.14. The summed E-state index contributed by atoms with van der Waals surface area (Å²) < 4.78 is 4.63. The molecule has 0 spiro atoms. The van der Waals surface area contributed by atoms with Crippen molar-refractivity contribution in [3.05, 3.63) is 47.6 Å². The van der Waals surface area contributed by atoms with Crippen LogP contribution in [-0.4, -0.2) is 10.1 Å². The summed E-state index contributed by atoms with van der Waals surface area (Å²) in [6.07, 6.45) is 1.34. The molecular weight excluding hydrogens is 190 g/mol. The van der Waals surface area contributed by atoms with Crippen molar-refractivity contribution < 1.29 is 4.52 Å². The molecule has 0 saturated heterocycles. The van der Waals surface area contributed by atoms with Crippen LogP contribution in [0.4, 0.5) is 0 Å². The molecule has 0 aliphatic heterocycles. The first-order chi connectivity index (χ1) is 7.34. The molecule has 0 bridgehead atoms. The van der Waals surface area contributed by atoms with Crippen LogP contribution in [0.2, 0.25) is 0 Å². The second-order valence-electron chi connectivity index (χ2n) is 3.44. The predicted octanol–water partition coefficient (Wildman–Crippen LogP) is 1.67. The first kappa shape index (κ1) is 9.86. The molecule has 1 N–H and O–H groups in total. The smallest absolute Gasteiger partial charge is 0.213 e. The summed E-state index contributed by atoms with van der Waals surface area (Å²) >= 11 is 0. The fraction of sp³-hybridized carbons (Fsp3) is 0.273. The molecular formula is C11H13N3O. The molecule has 2 aromatic rings. The molecule has 0 aliphatic carbocycles. The number of benzene rings is 1. The van der Waals surface area contributed by atoms with Crippen LogP contribution >= 0.6 is 0 Å². The predicted molar refractivity (Wildman–Crippen MR) is 56.0 cm³/mol. The summed E-state index contributed by atoms with van der Waals surface area (Å²) in [6, 6.07) is 8.42. The van der Waals surface area contributed by atoms with E-state index in [1.165, 1.54) is 17.5 Å². The van der Waals surface area contributed by atoms with Gasteiger partial charge in [-0.15, -0.1) is 0 Å². The molecule has 0 amide bonds. The van der Waals surface area contributed by atoms with E-state index in [1.54, 1.807) is 0 Å². The Bertz CT molecular complexity index is 394. The van der Waals surface area contributed by atoms with Gasteiger partial charge in [0.1, 0.15) is 0 Å². The van der Waals surface area contributed by atoms with Crippen LogP contribution in [0.5, 0.6) is 0 Å². The molecule has 15 heavy (non-hydrogen) atoms. The van der Waals surface area contributed by atoms with Crippen molar-refractivity contribution in [2.24, 2.45) is 0 Å². The molecule has 1 aromatic heterocycles. The molecule has 0 radical (unpaired) electrons. The Balaban J connectivity index is 1.81. The lowest BCUT2D eigenvalue weighted by Crippen LogP contribution is -2.13. The number of aromatic nitrogens is 2. The topological polar surface area (TPSA) is 51.0 Å². The molecule has 0 atom stereocenters. The summed E-state index contributed by atoms with van der Waals surface area (Å²) in [5, 5.41) is 6.95. The van der Waals surface area contributed by atoms with Crippen LogP contribution in [0.1, 0.15) is 17.0 Å². The zero-order valence-corrected chi connectivity index (χ0v) is 8.60. The third-order valence-electron chi connectivity index (χ3n) is 2.14. The van der Waals surface area contributed by atoms with Crippen LogP contribution in [0.25, 0.3) is 0 Å². The normalized spacial score (nSPS) is 10.5. The fourth-order valence-corrected chi connectivity index (χ4v) is 1.29. The Morgan fingerprint density at radius 3 is 2.67 bits per heavy atom. The van der Waals surface area contributed by atoms with Crippen molar-refractivity contribution in [2.75, 3.05) is 0 Å². The van der Waals surface area contributed by atoms with Gasteiger partial charge >= 0.3 is 0 Å². The van der Waals surface area contributed by atoms with E-state index in [1.807, 2.05) is 0 Å². The lowest BCUT2D eigenvalue weighted by molar-refractivity contribution is 0.407. The molecule has 78 valence electrons. The highest BCUT2D eigenvalue weighted by Crippen LogP contribution is 2.02. The number of rotatable bonds is 4. The molecule has 1 heterocycles. The van der Waals surface area contributed by atoms with Crippen molar-refractivity contribution in [3.8, 4) is 0 Å². The Morgan fingerprint density at radius 2 is 2.00 bits per heavy atom. The van der Waals surface area contributed by atoms with Crippen molar-refractivity contribution >= 4 is 0 Å². The van der Waals surface area contributed by atoms with Gasteiger partial charge in [-0.2, -0.15) is 4.98 Å². The van der Waals surface area contributed by atoms with Crippen molar-refractivity contribution in [1.82, 2.24) is 15.5 Å². The highest BCUT2D eigenvalue weighted by Gasteiger charge is 1.97. The molecule has 4 heteroatoms. The van der Waals surface area contributed by atoms with Gasteiger partial charge in [0.25, 0.3) is 0 Å². The van der Waals surface area contributed by atoms with Gasteiger partial charge in [-0.05, 0) is 12.5 Å². The lowest BCUT2D eigenvalue weighted by Gasteiger charge is -2.02. The largest absolute Gasteiger partial charge is 0.343 e. The summed E-state index contributed by atoms with van der Waals surface area (Å²) in [5.74, 6) is 0.683. The van der Waals surface area contributed by atoms with E-state index >= 15 is 0 Å². The second-order valence-corrected chi connectivity index (χ2v) is 3.44. The van der Waals surface area contributed by atoms with Gasteiger partial charge in [-0.1, -0.05) is 35.0 Å². The fourth-order valence-electron chi connectivity index (χ4n) is 1.29. The quantitative estimate of drug-likeness (QED) is 0.821. The van der Waals surface area contributed by atoms with Gasteiger partial charge in [0.05, 0.1) is 6.54 Å². The zero-order chi connectivity index (χ0) is 10.5. The van der Waals surface area contributed by atoms with Crippen molar-refractivity contribution in [3.63, 3.8) is 0 Å². The van der Waals surface area contributed by atoms with Gasteiger partial charge in [0, 0.05) is 6.54 Å². The van der Waals surface area contributed by atoms with Gasteiger partial charge in [0.2, 0.25) is 6.39 Å². The highest BCUT2D eigenvalue weighted by atomic mass is 16.5. The lowest BCUT2D eigenvalue weighted by atomic mass is 10.1. The Hall–Kier alpha value is -1.68. The number of hydrogen-bond donors (Lipinski definition) is 1. The van der Waals surface area contributed by atoms with Gasteiger partial charge in [-0.3, -0.25) is 0 Å². The molecule has 0 saturated carbocycles. The molecule has 1 aromatic carbocycles. The minimum atomic E-state index is 0.629. The van der Waals surface area contributed by atoms with E-state index in [4.69, 9.17) is 0 Å². The zero-order valence-electron chi connectivity index (χ0n) is 8.60. The molecule has 4 nitrogen and oxygen atoms in total. The number of nitrogens with one attached hydrogen (secondary N) is 1. The molecule has 0 unspecified atom stereocenters. The summed E-state index contributed by atoms with van der Waals surface area (Å²) in [5.41, 5.74) is 2.53. The van der Waals surface area contributed by atoms with Crippen molar-refractivity contribution in [1.29, 1.82) is 0 Å². The van der Waals surface area contributed by atoms with Gasteiger partial charge in [-0.25, -0.2) is 0 Å². The third kappa shape index (κ3) is 2.89. The standard InChI is InChI=1S/C11H13N3O/c1-9-2-4-10(5-3-9)6-12-7-11-13-8-15-14-11/h2-5,8,12H,6-7H2,1H3. The SMILES string of the molecule is Cc1ccc(CNCc2ncon2)cc1. The Labute approximate surface area is 88.3 Å². The van der Waals surface area contributed by atoms with Gasteiger partial charge < -0.3 is 9.84 Å². The van der Waals surface area contributed by atoms with E-state index < -0.39 is 0 Å².